The zero-order valence-corrected chi connectivity index (χ0v) is 12.7. The summed E-state index contributed by atoms with van der Waals surface area (Å²) in [4.78, 5) is 0. The largest absolute Gasteiger partial charge is 0.501 e. The fourth-order valence-corrected chi connectivity index (χ4v) is 5.21. The molecule has 1 heterocycles. The number of halogens is 1. The van der Waals surface area contributed by atoms with E-state index in [2.05, 4.69) is 0 Å². The smallest absolute Gasteiger partial charge is 0.376 e. The Morgan fingerprint density at radius 3 is 2.29 bits per heavy atom. The van der Waals surface area contributed by atoms with E-state index >= 15 is 0 Å². The van der Waals surface area contributed by atoms with E-state index in [9.17, 15) is 0 Å². The molecule has 0 radical (unpaired) electrons. The first-order valence-electron chi connectivity index (χ1n) is 6.25. The van der Waals surface area contributed by atoms with Gasteiger partial charge in [0.15, 0.2) is 0 Å². The van der Waals surface area contributed by atoms with Crippen LogP contribution in [0.5, 0.6) is 0 Å². The average molecular weight is 283 g/mol. The lowest BCUT2D eigenvalue weighted by Gasteiger charge is -2.36. The van der Waals surface area contributed by atoms with Crippen LogP contribution in [0.2, 0.25) is 6.04 Å². The first kappa shape index (κ1) is 15.4. The standard InChI is InChI=1S/C11H23ClO4Si/c1-4-14-17(7-5-6-12)15-10(2)8-13-9-11(3)16-17/h10-11H,4-9H2,1-3H3. The van der Waals surface area contributed by atoms with Crippen molar-refractivity contribution in [1.82, 2.24) is 0 Å². The first-order chi connectivity index (χ1) is 8.12. The minimum atomic E-state index is -2.58. The predicted octanol–water partition coefficient (Wildman–Crippen LogP) is 2.43. The molecule has 2 unspecified atom stereocenters. The Kier molecular flexibility index (Phi) is 6.99. The average Bonchev–Trinajstić information content (AvgIpc) is 2.24. The molecule has 0 bridgehead atoms. The zero-order chi connectivity index (χ0) is 12.7. The van der Waals surface area contributed by atoms with Crippen LogP contribution in [-0.4, -0.2) is 46.7 Å². The minimum Gasteiger partial charge on any atom is -0.376 e. The number of alkyl halides is 1. The van der Waals surface area contributed by atoms with Crippen molar-refractivity contribution in [1.29, 1.82) is 0 Å². The van der Waals surface area contributed by atoms with E-state index in [4.69, 9.17) is 29.6 Å². The van der Waals surface area contributed by atoms with Crippen LogP contribution in [0.1, 0.15) is 27.2 Å². The Morgan fingerprint density at radius 1 is 1.24 bits per heavy atom. The van der Waals surface area contributed by atoms with Gasteiger partial charge in [0.25, 0.3) is 0 Å². The van der Waals surface area contributed by atoms with E-state index in [0.29, 0.717) is 25.7 Å². The maximum Gasteiger partial charge on any atom is 0.501 e. The van der Waals surface area contributed by atoms with Gasteiger partial charge in [0.2, 0.25) is 0 Å². The second kappa shape index (κ2) is 7.71. The molecular formula is C11H23ClO4Si. The highest BCUT2D eigenvalue weighted by molar-refractivity contribution is 6.60. The molecule has 1 saturated heterocycles. The van der Waals surface area contributed by atoms with Crippen LogP contribution >= 0.6 is 11.6 Å². The quantitative estimate of drug-likeness (QED) is 0.573. The second-order valence-corrected chi connectivity index (χ2v) is 7.31. The molecule has 0 aromatic rings. The van der Waals surface area contributed by atoms with Gasteiger partial charge in [-0.05, 0) is 27.2 Å². The summed E-state index contributed by atoms with van der Waals surface area (Å²) in [6.07, 6.45) is 0.876. The normalized spacial score (nSPS) is 35.3. The lowest BCUT2D eigenvalue weighted by atomic mass is 10.4. The third-order valence-electron chi connectivity index (χ3n) is 2.45. The topological polar surface area (TPSA) is 36.9 Å². The third-order valence-corrected chi connectivity index (χ3v) is 5.93. The molecule has 2 atom stereocenters. The maximum atomic E-state index is 6.00. The van der Waals surface area contributed by atoms with Crippen molar-refractivity contribution in [3.63, 3.8) is 0 Å². The second-order valence-electron chi connectivity index (χ2n) is 4.30. The van der Waals surface area contributed by atoms with Crippen molar-refractivity contribution in [3.8, 4) is 0 Å². The summed E-state index contributed by atoms with van der Waals surface area (Å²) < 4.78 is 23.3. The molecule has 6 heteroatoms. The molecule has 102 valence electrons. The van der Waals surface area contributed by atoms with Crippen LogP contribution < -0.4 is 0 Å². The van der Waals surface area contributed by atoms with Crippen molar-refractivity contribution in [2.75, 3.05) is 25.7 Å². The van der Waals surface area contributed by atoms with E-state index < -0.39 is 8.80 Å². The predicted molar refractivity (Wildman–Crippen MR) is 69.4 cm³/mol. The van der Waals surface area contributed by atoms with Gasteiger partial charge in [0, 0.05) is 18.5 Å². The molecule has 0 saturated carbocycles. The molecule has 1 aliphatic heterocycles. The molecule has 0 aromatic carbocycles. The number of rotatable bonds is 5. The van der Waals surface area contributed by atoms with Crippen LogP contribution in [-0.2, 0) is 18.0 Å². The SMILES string of the molecule is CCO[Si]1(CCCCl)OC(C)COCC(C)O1. The van der Waals surface area contributed by atoms with Crippen molar-refractivity contribution in [2.45, 2.75) is 45.4 Å². The molecule has 0 spiro atoms. The summed E-state index contributed by atoms with van der Waals surface area (Å²) in [5.74, 6) is 0.605. The van der Waals surface area contributed by atoms with E-state index in [1.165, 1.54) is 0 Å². The summed E-state index contributed by atoms with van der Waals surface area (Å²) in [6.45, 7) is 7.73. The van der Waals surface area contributed by atoms with Gasteiger partial charge in [-0.3, -0.25) is 0 Å². The Labute approximate surface area is 110 Å². The van der Waals surface area contributed by atoms with Crippen LogP contribution in [0.25, 0.3) is 0 Å². The lowest BCUT2D eigenvalue weighted by Crippen LogP contribution is -2.52. The highest BCUT2D eigenvalue weighted by Crippen LogP contribution is 2.24. The monoisotopic (exact) mass is 282 g/mol. The van der Waals surface area contributed by atoms with E-state index in [1.54, 1.807) is 0 Å². The third kappa shape index (κ3) is 5.24. The van der Waals surface area contributed by atoms with Crippen LogP contribution in [0.3, 0.4) is 0 Å². The summed E-state index contributed by atoms with van der Waals surface area (Å²) in [5.41, 5.74) is 0. The Hall–Kier alpha value is 0.347. The highest BCUT2D eigenvalue weighted by atomic mass is 35.5. The number of ether oxygens (including phenoxy) is 1. The minimum absolute atomic E-state index is 0.0102. The molecule has 17 heavy (non-hydrogen) atoms. The summed E-state index contributed by atoms with van der Waals surface area (Å²) in [7, 11) is -2.58. The Bertz CT molecular complexity index is 206. The molecule has 0 aliphatic carbocycles. The van der Waals surface area contributed by atoms with E-state index in [0.717, 1.165) is 12.5 Å². The van der Waals surface area contributed by atoms with Crippen molar-refractivity contribution < 1.29 is 18.0 Å². The van der Waals surface area contributed by atoms with Crippen molar-refractivity contribution >= 4 is 20.4 Å². The molecule has 0 aromatic heterocycles. The molecule has 4 nitrogen and oxygen atoms in total. The van der Waals surface area contributed by atoms with Gasteiger partial charge in [0.1, 0.15) is 0 Å². The van der Waals surface area contributed by atoms with Crippen molar-refractivity contribution in [2.24, 2.45) is 0 Å². The molecule has 1 fully saturated rings. The van der Waals surface area contributed by atoms with Gasteiger partial charge in [-0.15, -0.1) is 11.6 Å². The van der Waals surface area contributed by atoms with Gasteiger partial charge in [-0.2, -0.15) is 0 Å². The number of hydrogen-bond acceptors (Lipinski definition) is 4. The summed E-state index contributed by atoms with van der Waals surface area (Å²) in [6, 6.07) is 0.777. The molecule has 0 N–H and O–H groups in total. The van der Waals surface area contributed by atoms with Gasteiger partial charge in [-0.25, -0.2) is 0 Å². The van der Waals surface area contributed by atoms with Crippen LogP contribution in [0, 0.1) is 0 Å². The summed E-state index contributed by atoms with van der Waals surface area (Å²) >= 11 is 5.76. The Morgan fingerprint density at radius 2 is 1.82 bits per heavy atom. The van der Waals surface area contributed by atoms with E-state index in [-0.39, 0.29) is 12.2 Å². The maximum absolute atomic E-state index is 6.00. The fourth-order valence-electron chi connectivity index (χ4n) is 1.87. The number of hydrogen-bond donors (Lipinski definition) is 0. The van der Waals surface area contributed by atoms with Gasteiger partial charge in [-0.1, -0.05) is 0 Å². The van der Waals surface area contributed by atoms with Crippen molar-refractivity contribution in [3.05, 3.63) is 0 Å². The lowest BCUT2D eigenvalue weighted by molar-refractivity contribution is -0.0714. The van der Waals surface area contributed by atoms with Crippen LogP contribution in [0.4, 0.5) is 0 Å². The molecule has 0 amide bonds. The molecule has 1 rings (SSSR count). The van der Waals surface area contributed by atoms with Gasteiger partial charge >= 0.3 is 8.80 Å². The summed E-state index contributed by atoms with van der Waals surface area (Å²) in [5, 5.41) is 0. The highest BCUT2D eigenvalue weighted by Gasteiger charge is 2.44. The molecular weight excluding hydrogens is 260 g/mol. The zero-order valence-electron chi connectivity index (χ0n) is 10.9. The van der Waals surface area contributed by atoms with Gasteiger partial charge in [0.05, 0.1) is 25.4 Å². The fraction of sp³-hybridized carbons (Fsp3) is 1.00. The Balaban J connectivity index is 2.71. The first-order valence-corrected chi connectivity index (χ1v) is 8.72. The van der Waals surface area contributed by atoms with Crippen LogP contribution in [0.15, 0.2) is 0 Å². The van der Waals surface area contributed by atoms with Gasteiger partial charge < -0.3 is 18.0 Å². The van der Waals surface area contributed by atoms with E-state index in [1.807, 2.05) is 20.8 Å². The molecule has 1 aliphatic rings.